The van der Waals surface area contributed by atoms with Crippen molar-refractivity contribution in [1.29, 1.82) is 0 Å². The van der Waals surface area contributed by atoms with Crippen LogP contribution in [0.5, 0.6) is 5.75 Å². The van der Waals surface area contributed by atoms with E-state index in [0.717, 1.165) is 22.3 Å². The molecule has 1 heterocycles. The van der Waals surface area contributed by atoms with Crippen molar-refractivity contribution in [2.24, 2.45) is 0 Å². The fourth-order valence-electron chi connectivity index (χ4n) is 1.87. The van der Waals surface area contributed by atoms with Gasteiger partial charge >= 0.3 is 0 Å². The number of pyridine rings is 1. The lowest BCUT2D eigenvalue weighted by atomic mass is 10.0. The minimum absolute atomic E-state index is 0.524. The Hall–Kier alpha value is -1.57. The molecule has 2 aromatic rings. The van der Waals surface area contributed by atoms with Crippen molar-refractivity contribution >= 4 is 10.9 Å². The Morgan fingerprint density at radius 3 is 2.56 bits per heavy atom. The van der Waals surface area contributed by atoms with Gasteiger partial charge < -0.3 is 4.74 Å². The smallest absolute Gasteiger partial charge is 0.130 e. The van der Waals surface area contributed by atoms with Crippen LogP contribution in [0.25, 0.3) is 10.9 Å². The summed E-state index contributed by atoms with van der Waals surface area (Å²) >= 11 is 0. The fourth-order valence-corrected chi connectivity index (χ4v) is 1.87. The highest BCUT2D eigenvalue weighted by molar-refractivity contribution is 5.86. The summed E-state index contributed by atoms with van der Waals surface area (Å²) in [5.41, 5.74) is 3.30. The fraction of sp³-hybridized carbons (Fsp3) is 0.357. The van der Waals surface area contributed by atoms with Gasteiger partial charge in [-0.1, -0.05) is 19.9 Å². The molecule has 84 valence electrons. The lowest BCUT2D eigenvalue weighted by Gasteiger charge is -2.10. The summed E-state index contributed by atoms with van der Waals surface area (Å²) in [5, 5.41) is 1.10. The van der Waals surface area contributed by atoms with Gasteiger partial charge in [0, 0.05) is 17.1 Å². The van der Waals surface area contributed by atoms with Crippen molar-refractivity contribution in [3.8, 4) is 5.75 Å². The van der Waals surface area contributed by atoms with E-state index >= 15 is 0 Å². The highest BCUT2D eigenvalue weighted by Crippen LogP contribution is 2.28. The van der Waals surface area contributed by atoms with E-state index in [4.69, 9.17) is 4.74 Å². The topological polar surface area (TPSA) is 22.1 Å². The van der Waals surface area contributed by atoms with Gasteiger partial charge in [0.25, 0.3) is 0 Å². The van der Waals surface area contributed by atoms with Crippen molar-refractivity contribution in [3.63, 3.8) is 0 Å². The van der Waals surface area contributed by atoms with Crippen LogP contribution in [0.2, 0.25) is 0 Å². The molecular formula is C14H17NO. The monoisotopic (exact) mass is 215 g/mol. The molecule has 2 rings (SSSR count). The molecule has 0 atom stereocenters. The Kier molecular flexibility index (Phi) is 2.82. The largest absolute Gasteiger partial charge is 0.496 e. The van der Waals surface area contributed by atoms with Gasteiger partial charge in [0.1, 0.15) is 5.75 Å². The molecule has 0 amide bonds. The number of hydrogen-bond acceptors (Lipinski definition) is 2. The van der Waals surface area contributed by atoms with Gasteiger partial charge in [-0.2, -0.15) is 0 Å². The minimum atomic E-state index is 0.524. The van der Waals surface area contributed by atoms with Gasteiger partial charge in [-0.15, -0.1) is 0 Å². The van der Waals surface area contributed by atoms with E-state index < -0.39 is 0 Å². The maximum absolute atomic E-state index is 5.40. The highest BCUT2D eigenvalue weighted by atomic mass is 16.5. The number of ether oxygens (including phenoxy) is 1. The summed E-state index contributed by atoms with van der Waals surface area (Å²) in [6.07, 6.45) is 0. The van der Waals surface area contributed by atoms with Crippen LogP contribution in [0.1, 0.15) is 31.0 Å². The van der Waals surface area contributed by atoms with E-state index in [1.807, 2.05) is 13.0 Å². The van der Waals surface area contributed by atoms with Gasteiger partial charge in [-0.25, -0.2) is 0 Å². The molecule has 0 saturated heterocycles. The lowest BCUT2D eigenvalue weighted by molar-refractivity contribution is 0.419. The first-order chi connectivity index (χ1) is 7.61. The first-order valence-corrected chi connectivity index (χ1v) is 5.57. The molecular weight excluding hydrogens is 198 g/mol. The summed E-state index contributed by atoms with van der Waals surface area (Å²) in [7, 11) is 1.70. The number of nitrogens with zero attached hydrogens (tertiary/aromatic N) is 1. The van der Waals surface area contributed by atoms with Crippen LogP contribution in [-0.4, -0.2) is 12.1 Å². The Morgan fingerprint density at radius 1 is 1.19 bits per heavy atom. The number of aryl methyl sites for hydroxylation is 1. The number of aromatic nitrogens is 1. The zero-order valence-electron chi connectivity index (χ0n) is 10.2. The minimum Gasteiger partial charge on any atom is -0.496 e. The normalized spacial score (nSPS) is 11.1. The van der Waals surface area contributed by atoms with Crippen molar-refractivity contribution in [1.82, 2.24) is 4.98 Å². The molecule has 0 spiro atoms. The van der Waals surface area contributed by atoms with Crippen LogP contribution < -0.4 is 4.74 Å². The molecule has 0 aliphatic rings. The van der Waals surface area contributed by atoms with Gasteiger partial charge in [-0.3, -0.25) is 4.98 Å². The summed E-state index contributed by atoms with van der Waals surface area (Å²) in [6, 6.07) is 8.36. The van der Waals surface area contributed by atoms with Crippen molar-refractivity contribution < 1.29 is 4.74 Å². The highest BCUT2D eigenvalue weighted by Gasteiger charge is 2.06. The van der Waals surface area contributed by atoms with E-state index in [-0.39, 0.29) is 0 Å². The molecule has 0 radical (unpaired) electrons. The van der Waals surface area contributed by atoms with Gasteiger partial charge in [0.2, 0.25) is 0 Å². The van der Waals surface area contributed by atoms with Crippen LogP contribution >= 0.6 is 0 Å². The molecule has 0 unspecified atom stereocenters. The van der Waals surface area contributed by atoms with E-state index in [1.54, 1.807) is 7.11 Å². The summed E-state index contributed by atoms with van der Waals surface area (Å²) in [6.45, 7) is 6.36. The summed E-state index contributed by atoms with van der Waals surface area (Å²) in [5.74, 6) is 1.43. The van der Waals surface area contributed by atoms with Crippen LogP contribution in [0, 0.1) is 6.92 Å². The third-order valence-corrected chi connectivity index (χ3v) is 2.81. The van der Waals surface area contributed by atoms with Crippen LogP contribution in [0.15, 0.2) is 24.3 Å². The predicted octanol–water partition coefficient (Wildman–Crippen LogP) is 3.68. The van der Waals surface area contributed by atoms with Gasteiger partial charge in [0.05, 0.1) is 12.6 Å². The Balaban J connectivity index is 2.71. The first kappa shape index (κ1) is 10.9. The molecule has 0 aliphatic heterocycles. The Bertz CT molecular complexity index is 517. The first-order valence-electron chi connectivity index (χ1n) is 5.57. The van der Waals surface area contributed by atoms with Crippen LogP contribution in [-0.2, 0) is 0 Å². The van der Waals surface area contributed by atoms with E-state index in [0.29, 0.717) is 5.92 Å². The number of fused-ring (bicyclic) bond motifs is 1. The summed E-state index contributed by atoms with van der Waals surface area (Å²) in [4.78, 5) is 4.50. The quantitative estimate of drug-likeness (QED) is 0.762. The molecule has 0 aliphatic carbocycles. The SMILES string of the molecule is COc1cc(C)nc2ccc(C(C)C)cc12. The molecule has 0 fully saturated rings. The third kappa shape index (κ3) is 1.87. The number of benzene rings is 1. The molecule has 2 nitrogen and oxygen atoms in total. The molecule has 0 N–H and O–H groups in total. The third-order valence-electron chi connectivity index (χ3n) is 2.81. The maximum Gasteiger partial charge on any atom is 0.130 e. The van der Waals surface area contributed by atoms with Crippen molar-refractivity contribution in [2.45, 2.75) is 26.7 Å². The van der Waals surface area contributed by atoms with Crippen LogP contribution in [0.3, 0.4) is 0 Å². The van der Waals surface area contributed by atoms with Crippen molar-refractivity contribution in [3.05, 3.63) is 35.5 Å². The summed E-state index contributed by atoms with van der Waals surface area (Å²) < 4.78 is 5.40. The van der Waals surface area contributed by atoms with Gasteiger partial charge in [-0.05, 0) is 30.5 Å². The van der Waals surface area contributed by atoms with Crippen LogP contribution in [0.4, 0.5) is 0 Å². The number of hydrogen-bond donors (Lipinski definition) is 0. The lowest BCUT2D eigenvalue weighted by Crippen LogP contribution is -1.93. The molecule has 2 heteroatoms. The number of methoxy groups -OCH3 is 1. The maximum atomic E-state index is 5.40. The molecule has 16 heavy (non-hydrogen) atoms. The van der Waals surface area contributed by atoms with E-state index in [1.165, 1.54) is 5.56 Å². The predicted molar refractivity (Wildman–Crippen MR) is 67.1 cm³/mol. The zero-order valence-corrected chi connectivity index (χ0v) is 10.2. The molecule has 0 bridgehead atoms. The second-order valence-electron chi connectivity index (χ2n) is 4.40. The molecule has 0 saturated carbocycles. The van der Waals surface area contributed by atoms with E-state index in [2.05, 4.69) is 37.0 Å². The van der Waals surface area contributed by atoms with Crippen molar-refractivity contribution in [2.75, 3.05) is 7.11 Å². The second kappa shape index (κ2) is 4.12. The second-order valence-corrected chi connectivity index (χ2v) is 4.40. The molecule has 1 aromatic carbocycles. The van der Waals surface area contributed by atoms with E-state index in [9.17, 15) is 0 Å². The van der Waals surface area contributed by atoms with Gasteiger partial charge in [0.15, 0.2) is 0 Å². The molecule has 1 aromatic heterocycles. The number of rotatable bonds is 2. The standard InChI is InChI=1S/C14H17NO/c1-9(2)11-5-6-13-12(8-11)14(16-4)7-10(3)15-13/h5-9H,1-4H3. The Labute approximate surface area is 96.3 Å². The average Bonchev–Trinajstić information content (AvgIpc) is 2.27. The Morgan fingerprint density at radius 2 is 1.94 bits per heavy atom. The average molecular weight is 215 g/mol. The zero-order chi connectivity index (χ0) is 11.7.